The molecule has 0 spiro atoms. The molecular weight excluding hydrogens is 470 g/mol. The molecule has 0 bridgehead atoms. The summed E-state index contributed by atoms with van der Waals surface area (Å²) in [6.07, 6.45) is 0. The highest BCUT2D eigenvalue weighted by Crippen LogP contribution is 2.32. The minimum absolute atomic E-state index is 0.0956. The lowest BCUT2D eigenvalue weighted by molar-refractivity contribution is -0.123. The maximum absolute atomic E-state index is 13.1. The van der Waals surface area contributed by atoms with Crippen molar-refractivity contribution in [2.45, 2.75) is 50.3 Å². The van der Waals surface area contributed by atoms with Crippen LogP contribution in [0.1, 0.15) is 46.2 Å². The normalized spacial score (nSPS) is 12.9. The topological polar surface area (TPSA) is 81.7 Å². The van der Waals surface area contributed by atoms with E-state index in [1.807, 2.05) is 19.9 Å². The van der Waals surface area contributed by atoms with Crippen LogP contribution in [-0.2, 0) is 14.6 Å². The van der Waals surface area contributed by atoms with Gasteiger partial charge in [0.15, 0.2) is 21.3 Å². The van der Waals surface area contributed by atoms with Crippen molar-refractivity contribution in [3.05, 3.63) is 52.5 Å². The van der Waals surface area contributed by atoms with E-state index in [-0.39, 0.29) is 4.90 Å². The molecule has 2 aromatic rings. The molecule has 0 radical (unpaired) electrons. The van der Waals surface area contributed by atoms with E-state index in [0.717, 1.165) is 10.0 Å². The largest absolute Gasteiger partial charge is 0.490 e. The van der Waals surface area contributed by atoms with Gasteiger partial charge in [0.25, 0.3) is 0 Å². The van der Waals surface area contributed by atoms with Gasteiger partial charge in [0.2, 0.25) is 5.91 Å². The Morgan fingerprint density at radius 1 is 1.03 bits per heavy atom. The molecule has 1 N–H and O–H groups in total. The van der Waals surface area contributed by atoms with Gasteiger partial charge in [-0.05, 0) is 76.6 Å². The van der Waals surface area contributed by atoms with Crippen molar-refractivity contribution in [3.8, 4) is 11.5 Å². The number of hydrogen-bond acceptors (Lipinski definition) is 5. The molecule has 1 atom stereocenters. The number of ether oxygens (including phenoxy) is 2. The lowest BCUT2D eigenvalue weighted by atomic mass is 10.1. The second-order valence-electron chi connectivity index (χ2n) is 7.24. The Labute approximate surface area is 187 Å². The number of nitrogens with one attached hydrogen (secondary N) is 1. The van der Waals surface area contributed by atoms with Crippen molar-refractivity contribution in [3.63, 3.8) is 0 Å². The molecule has 2 rings (SSSR count). The summed E-state index contributed by atoms with van der Waals surface area (Å²) < 4.78 is 36.5. The van der Waals surface area contributed by atoms with Gasteiger partial charge in [0, 0.05) is 4.47 Å². The van der Waals surface area contributed by atoms with E-state index in [0.29, 0.717) is 24.7 Å². The smallest absolute Gasteiger partial charge is 0.241 e. The summed E-state index contributed by atoms with van der Waals surface area (Å²) in [4.78, 5) is 13.1. The Bertz CT molecular complexity index is 987. The van der Waals surface area contributed by atoms with Crippen molar-refractivity contribution in [2.24, 2.45) is 0 Å². The van der Waals surface area contributed by atoms with Crippen molar-refractivity contribution in [1.82, 2.24) is 5.32 Å². The Morgan fingerprint density at radius 2 is 1.60 bits per heavy atom. The summed E-state index contributed by atoms with van der Waals surface area (Å²) in [5.74, 6) is 0.629. The highest BCUT2D eigenvalue weighted by Gasteiger charge is 2.43. The average Bonchev–Trinajstić information content (AvgIpc) is 2.69. The molecule has 8 heteroatoms. The Morgan fingerprint density at radius 3 is 2.17 bits per heavy atom. The first-order valence-corrected chi connectivity index (χ1v) is 12.0. The number of sulfone groups is 1. The maximum Gasteiger partial charge on any atom is 0.241 e. The van der Waals surface area contributed by atoms with Crippen molar-refractivity contribution >= 4 is 31.7 Å². The van der Waals surface area contributed by atoms with Gasteiger partial charge in [0.1, 0.15) is 4.75 Å². The number of halogens is 1. The van der Waals surface area contributed by atoms with E-state index in [2.05, 4.69) is 21.2 Å². The van der Waals surface area contributed by atoms with Crippen LogP contribution < -0.4 is 14.8 Å². The highest BCUT2D eigenvalue weighted by molar-refractivity contribution is 9.10. The number of amides is 1. The van der Waals surface area contributed by atoms with E-state index in [4.69, 9.17) is 9.47 Å². The zero-order chi connectivity index (χ0) is 22.5. The van der Waals surface area contributed by atoms with Crippen LogP contribution in [0.2, 0.25) is 0 Å². The lowest BCUT2D eigenvalue weighted by Gasteiger charge is -2.26. The van der Waals surface area contributed by atoms with Crippen LogP contribution in [-0.4, -0.2) is 32.3 Å². The Hall–Kier alpha value is -2.06. The SMILES string of the molecule is CCOc1ccc(C(C)NC(=O)C(C)(C)S(=O)(=O)c2ccc(Br)cc2)cc1OCC. The molecule has 0 fully saturated rings. The van der Waals surface area contributed by atoms with Crippen molar-refractivity contribution in [2.75, 3.05) is 13.2 Å². The number of rotatable bonds is 9. The van der Waals surface area contributed by atoms with Crippen molar-refractivity contribution in [1.29, 1.82) is 0 Å². The lowest BCUT2D eigenvalue weighted by Crippen LogP contribution is -2.48. The van der Waals surface area contributed by atoms with Crippen LogP contribution in [0.15, 0.2) is 51.8 Å². The minimum Gasteiger partial charge on any atom is -0.490 e. The van der Waals surface area contributed by atoms with Gasteiger partial charge in [-0.2, -0.15) is 0 Å². The van der Waals surface area contributed by atoms with Gasteiger partial charge in [0.05, 0.1) is 24.2 Å². The fourth-order valence-electron chi connectivity index (χ4n) is 2.82. The third-order valence-electron chi connectivity index (χ3n) is 4.76. The Kier molecular flexibility index (Phi) is 7.93. The first-order valence-electron chi connectivity index (χ1n) is 9.75. The van der Waals surface area contributed by atoms with Gasteiger partial charge < -0.3 is 14.8 Å². The fourth-order valence-corrected chi connectivity index (χ4v) is 4.47. The third-order valence-corrected chi connectivity index (χ3v) is 7.71. The van der Waals surface area contributed by atoms with Crippen LogP contribution >= 0.6 is 15.9 Å². The summed E-state index contributed by atoms with van der Waals surface area (Å²) in [5, 5.41) is 2.82. The number of carbonyl (C=O) groups is 1. The standard InChI is InChI=1S/C22H28BrNO5S/c1-6-28-19-13-8-16(14-20(19)29-7-2)15(3)24-21(25)22(4,5)30(26,27)18-11-9-17(23)10-12-18/h8-15H,6-7H2,1-5H3,(H,24,25). The molecule has 2 aromatic carbocycles. The average molecular weight is 498 g/mol. The molecule has 0 aromatic heterocycles. The molecule has 0 saturated carbocycles. The van der Waals surface area contributed by atoms with Crippen LogP contribution in [0.4, 0.5) is 0 Å². The number of benzene rings is 2. The van der Waals surface area contributed by atoms with Gasteiger partial charge >= 0.3 is 0 Å². The molecule has 0 saturated heterocycles. The van der Waals surface area contributed by atoms with Gasteiger partial charge in [-0.15, -0.1) is 0 Å². The third kappa shape index (κ3) is 5.16. The molecular formula is C22H28BrNO5S. The Balaban J connectivity index is 2.25. The fraction of sp³-hybridized carbons (Fsp3) is 0.409. The van der Waals surface area contributed by atoms with Crippen LogP contribution in [0.25, 0.3) is 0 Å². The zero-order valence-electron chi connectivity index (χ0n) is 17.9. The van der Waals surface area contributed by atoms with Crippen LogP contribution in [0.3, 0.4) is 0 Å². The van der Waals surface area contributed by atoms with Gasteiger partial charge in [-0.3, -0.25) is 4.79 Å². The second-order valence-corrected chi connectivity index (χ2v) is 10.6. The monoisotopic (exact) mass is 497 g/mol. The van der Waals surface area contributed by atoms with Crippen LogP contribution in [0, 0.1) is 0 Å². The summed E-state index contributed by atoms with van der Waals surface area (Å²) >= 11 is 3.29. The highest BCUT2D eigenvalue weighted by atomic mass is 79.9. The van der Waals surface area contributed by atoms with E-state index in [1.165, 1.54) is 26.0 Å². The van der Waals surface area contributed by atoms with Gasteiger partial charge in [-0.25, -0.2) is 8.42 Å². The molecule has 1 amide bonds. The molecule has 0 aliphatic rings. The molecule has 0 heterocycles. The number of hydrogen-bond donors (Lipinski definition) is 1. The molecule has 6 nitrogen and oxygen atoms in total. The first kappa shape index (κ1) is 24.2. The number of carbonyl (C=O) groups excluding carboxylic acids is 1. The predicted octanol–water partition coefficient (Wildman–Crippen LogP) is 4.68. The van der Waals surface area contributed by atoms with E-state index >= 15 is 0 Å². The summed E-state index contributed by atoms with van der Waals surface area (Å²) in [5.41, 5.74) is 0.784. The maximum atomic E-state index is 13.1. The van der Waals surface area contributed by atoms with E-state index in [9.17, 15) is 13.2 Å². The second kappa shape index (κ2) is 9.83. The minimum atomic E-state index is -3.89. The predicted molar refractivity (Wildman–Crippen MR) is 121 cm³/mol. The molecule has 0 aliphatic heterocycles. The quantitative estimate of drug-likeness (QED) is 0.543. The molecule has 30 heavy (non-hydrogen) atoms. The summed E-state index contributed by atoms with van der Waals surface area (Å²) in [6.45, 7) is 9.37. The summed E-state index contributed by atoms with van der Waals surface area (Å²) in [6, 6.07) is 11.2. The molecule has 0 aliphatic carbocycles. The molecule has 164 valence electrons. The zero-order valence-corrected chi connectivity index (χ0v) is 20.3. The van der Waals surface area contributed by atoms with E-state index < -0.39 is 26.5 Å². The van der Waals surface area contributed by atoms with Crippen molar-refractivity contribution < 1.29 is 22.7 Å². The summed E-state index contributed by atoms with van der Waals surface area (Å²) in [7, 11) is -3.89. The molecule has 1 unspecified atom stereocenters. The van der Waals surface area contributed by atoms with Crippen LogP contribution in [0.5, 0.6) is 11.5 Å². The first-order chi connectivity index (χ1) is 14.0. The van der Waals surface area contributed by atoms with E-state index in [1.54, 1.807) is 31.2 Å². The van der Waals surface area contributed by atoms with Gasteiger partial charge in [-0.1, -0.05) is 22.0 Å².